The summed E-state index contributed by atoms with van der Waals surface area (Å²) in [7, 11) is 0. The molecule has 1 saturated heterocycles. The van der Waals surface area contributed by atoms with E-state index in [1.165, 1.54) is 34.9 Å². The summed E-state index contributed by atoms with van der Waals surface area (Å²) >= 11 is 14.1. The lowest BCUT2D eigenvalue weighted by atomic mass is 9.83. The Labute approximate surface area is 245 Å². The van der Waals surface area contributed by atoms with Gasteiger partial charge in [0.2, 0.25) is 17.7 Å². The molecule has 0 spiro atoms. The van der Waals surface area contributed by atoms with Gasteiger partial charge in [0, 0.05) is 16.5 Å². The van der Waals surface area contributed by atoms with Crippen molar-refractivity contribution in [2.75, 3.05) is 10.2 Å². The minimum absolute atomic E-state index is 0.270. The zero-order chi connectivity index (χ0) is 28.1. The molecule has 40 heavy (non-hydrogen) atoms. The Balaban J connectivity index is 1.39. The molecule has 0 aliphatic carbocycles. The molecule has 12 heteroatoms. The number of benzene rings is 3. The van der Waals surface area contributed by atoms with Gasteiger partial charge in [0.15, 0.2) is 0 Å². The number of amides is 3. The molecular weight excluding hydrogens is 596 g/mol. The fourth-order valence-corrected chi connectivity index (χ4v) is 8.11. The molecule has 3 atom stereocenters. The van der Waals surface area contributed by atoms with Crippen molar-refractivity contribution in [1.82, 2.24) is 4.57 Å². The largest absolute Gasteiger partial charge is 0.324 e. The molecule has 1 N–H and O–H groups in total. The normalized spacial score (nSPS) is 19.9. The van der Waals surface area contributed by atoms with Gasteiger partial charge in [-0.25, -0.2) is 9.29 Å². The Morgan fingerprint density at radius 2 is 1.65 bits per heavy atom. The molecule has 2 aliphatic heterocycles. The molecule has 0 radical (unpaired) electrons. The fraction of sp³-hybridized carbons (Fsp3) is 0.143. The quantitative estimate of drug-likeness (QED) is 0.288. The number of thiazole rings is 1. The van der Waals surface area contributed by atoms with Gasteiger partial charge in [-0.05, 0) is 48.0 Å². The maximum atomic E-state index is 13.8. The number of thioether (sulfide) groups is 1. The molecule has 4 aromatic rings. The highest BCUT2D eigenvalue weighted by Gasteiger charge is 2.56. The summed E-state index contributed by atoms with van der Waals surface area (Å²) in [5, 5.41) is 2.95. The van der Waals surface area contributed by atoms with E-state index >= 15 is 0 Å². The summed E-state index contributed by atoms with van der Waals surface area (Å²) < 4.78 is 14.9. The molecule has 3 aromatic carbocycles. The third-order valence-corrected chi connectivity index (χ3v) is 10.1. The number of carbonyl (C=O) groups excluding carboxylic acids is 3. The highest BCUT2D eigenvalue weighted by molar-refractivity contribution is 8.00. The van der Waals surface area contributed by atoms with E-state index in [1.54, 1.807) is 12.1 Å². The molecule has 202 valence electrons. The Hall–Kier alpha value is -3.44. The van der Waals surface area contributed by atoms with E-state index in [0.717, 1.165) is 33.6 Å². The smallest absolute Gasteiger partial charge is 0.308 e. The average molecular weight is 615 g/mol. The van der Waals surface area contributed by atoms with Crippen molar-refractivity contribution in [3.8, 4) is 0 Å². The van der Waals surface area contributed by atoms with Crippen LogP contribution in [0.5, 0.6) is 0 Å². The Morgan fingerprint density at radius 3 is 2.35 bits per heavy atom. The van der Waals surface area contributed by atoms with Gasteiger partial charge in [0.05, 0.1) is 26.7 Å². The molecule has 1 fully saturated rings. The number of hydrogen-bond acceptors (Lipinski definition) is 6. The first-order valence-corrected chi connectivity index (χ1v) is 14.5. The van der Waals surface area contributed by atoms with Crippen LogP contribution in [0, 0.1) is 11.7 Å². The van der Waals surface area contributed by atoms with E-state index in [1.807, 2.05) is 30.3 Å². The zero-order valence-corrected chi connectivity index (χ0v) is 23.5. The van der Waals surface area contributed by atoms with Crippen LogP contribution in [0.15, 0.2) is 82.6 Å². The Kier molecular flexibility index (Phi) is 7.03. The fourth-order valence-electron chi connectivity index (χ4n) is 5.04. The molecule has 7 nitrogen and oxygen atoms in total. The highest BCUT2D eigenvalue weighted by atomic mass is 35.5. The van der Waals surface area contributed by atoms with Gasteiger partial charge >= 0.3 is 4.87 Å². The van der Waals surface area contributed by atoms with Crippen molar-refractivity contribution in [2.45, 2.75) is 22.7 Å². The van der Waals surface area contributed by atoms with Gasteiger partial charge in [-0.3, -0.25) is 23.7 Å². The summed E-state index contributed by atoms with van der Waals surface area (Å²) in [5.74, 6) is -3.19. The molecule has 0 unspecified atom stereocenters. The van der Waals surface area contributed by atoms with E-state index in [2.05, 4.69) is 5.32 Å². The number of carbonyl (C=O) groups is 3. The lowest BCUT2D eigenvalue weighted by Gasteiger charge is -2.30. The van der Waals surface area contributed by atoms with E-state index < -0.39 is 40.6 Å². The second-order valence-electron chi connectivity index (χ2n) is 9.24. The van der Waals surface area contributed by atoms with E-state index in [9.17, 15) is 23.6 Å². The minimum atomic E-state index is -0.839. The maximum Gasteiger partial charge on any atom is 0.308 e. The summed E-state index contributed by atoms with van der Waals surface area (Å²) in [4.78, 5) is 55.0. The van der Waals surface area contributed by atoms with Crippen LogP contribution in [0.1, 0.15) is 16.4 Å². The van der Waals surface area contributed by atoms with Crippen molar-refractivity contribution in [3.05, 3.63) is 109 Å². The maximum absolute atomic E-state index is 13.8. The van der Waals surface area contributed by atoms with Crippen LogP contribution < -0.4 is 15.1 Å². The summed E-state index contributed by atoms with van der Waals surface area (Å²) in [6.45, 7) is -0.305. The van der Waals surface area contributed by atoms with E-state index in [4.69, 9.17) is 23.2 Å². The van der Waals surface area contributed by atoms with Gasteiger partial charge in [0.25, 0.3) is 0 Å². The van der Waals surface area contributed by atoms with E-state index in [-0.39, 0.29) is 22.1 Å². The standard InChI is InChI=1S/C28H18Cl2FN3O4S2/c29-18-11-8-16(12-19(18)30)32-20(35)13-33-27-24(40-28(33)38)21(14-4-2-1-3-5-14)22-23(39-27)26(37)34(25(22)36)17-9-6-15(31)7-10-17/h1-12,21-23H,13H2,(H,32,35)/t21-,22-,23+/m0/s1. The van der Waals surface area contributed by atoms with Crippen LogP contribution in [0.2, 0.25) is 10.0 Å². The predicted molar refractivity (Wildman–Crippen MR) is 154 cm³/mol. The van der Waals surface area contributed by atoms with Gasteiger partial charge in [-0.1, -0.05) is 76.6 Å². The number of aromatic nitrogens is 1. The second kappa shape index (κ2) is 10.5. The average Bonchev–Trinajstić information content (AvgIpc) is 3.38. The van der Waals surface area contributed by atoms with Crippen molar-refractivity contribution in [3.63, 3.8) is 0 Å². The van der Waals surface area contributed by atoms with Crippen LogP contribution in [-0.2, 0) is 20.9 Å². The van der Waals surface area contributed by atoms with Gasteiger partial charge in [0.1, 0.15) is 17.6 Å². The van der Waals surface area contributed by atoms with Crippen molar-refractivity contribution in [2.24, 2.45) is 5.92 Å². The first-order chi connectivity index (χ1) is 19.2. The van der Waals surface area contributed by atoms with Crippen molar-refractivity contribution >= 4 is 75.4 Å². The number of fused-ring (bicyclic) bond motifs is 2. The van der Waals surface area contributed by atoms with Crippen molar-refractivity contribution < 1.29 is 18.8 Å². The SMILES string of the molecule is O=C(Cn1c2c(sc1=O)[C@@H](c1ccccc1)[C@@H]1C(=O)N(c3ccc(F)cc3)C(=O)[C@@H]1S2)Nc1ccc(Cl)c(Cl)c1. The molecule has 1 aromatic heterocycles. The van der Waals surface area contributed by atoms with Gasteiger partial charge < -0.3 is 5.32 Å². The number of imide groups is 1. The number of nitrogens with one attached hydrogen (secondary N) is 1. The molecule has 0 saturated carbocycles. The van der Waals surface area contributed by atoms with Crippen LogP contribution in [0.25, 0.3) is 0 Å². The van der Waals surface area contributed by atoms with Crippen LogP contribution in [0.3, 0.4) is 0 Å². The lowest BCUT2D eigenvalue weighted by Crippen LogP contribution is -2.33. The number of anilines is 2. The molecule has 3 heterocycles. The molecule has 0 bridgehead atoms. The third kappa shape index (κ3) is 4.64. The number of rotatable bonds is 5. The van der Waals surface area contributed by atoms with Crippen molar-refractivity contribution in [1.29, 1.82) is 0 Å². The van der Waals surface area contributed by atoms with Crippen LogP contribution >= 0.6 is 46.3 Å². The zero-order valence-electron chi connectivity index (χ0n) is 20.3. The first kappa shape index (κ1) is 26.8. The Bertz CT molecular complexity index is 1730. The molecule has 3 amide bonds. The van der Waals surface area contributed by atoms with Gasteiger partial charge in [-0.2, -0.15) is 0 Å². The summed E-state index contributed by atoms with van der Waals surface area (Å²) in [6.07, 6.45) is 0. The third-order valence-electron chi connectivity index (χ3n) is 6.80. The highest BCUT2D eigenvalue weighted by Crippen LogP contribution is 2.53. The summed E-state index contributed by atoms with van der Waals surface area (Å²) in [5.41, 5.74) is 1.47. The first-order valence-electron chi connectivity index (χ1n) is 12.1. The summed E-state index contributed by atoms with van der Waals surface area (Å²) in [6, 6.07) is 19.0. The molecule has 6 rings (SSSR count). The topological polar surface area (TPSA) is 88.5 Å². The number of halogens is 3. The number of hydrogen-bond donors (Lipinski definition) is 1. The minimum Gasteiger partial charge on any atom is -0.324 e. The van der Waals surface area contributed by atoms with E-state index in [0.29, 0.717) is 20.6 Å². The predicted octanol–water partition coefficient (Wildman–Crippen LogP) is 5.79. The Morgan fingerprint density at radius 1 is 0.925 bits per heavy atom. The van der Waals surface area contributed by atoms with Crippen LogP contribution in [0.4, 0.5) is 15.8 Å². The molecular formula is C28H18Cl2FN3O4S2. The lowest BCUT2D eigenvalue weighted by molar-refractivity contribution is -0.122. The van der Waals surface area contributed by atoms with Gasteiger partial charge in [-0.15, -0.1) is 0 Å². The van der Waals surface area contributed by atoms with Crippen LogP contribution in [-0.4, -0.2) is 27.5 Å². The second-order valence-corrected chi connectivity index (χ2v) is 12.2. The molecule has 2 aliphatic rings. The monoisotopic (exact) mass is 613 g/mol. The number of nitrogens with zero attached hydrogens (tertiary/aromatic N) is 2.